The first-order valence-electron chi connectivity index (χ1n) is 4.67. The molecule has 0 amide bonds. The van der Waals surface area contributed by atoms with Gasteiger partial charge in [0, 0.05) is 9.37 Å². The molecular formula is C10H10BrN3OS. The number of aliphatic hydroxyl groups is 1. The van der Waals surface area contributed by atoms with E-state index >= 15 is 0 Å². The van der Waals surface area contributed by atoms with Crippen LogP contribution in [0.5, 0.6) is 0 Å². The highest BCUT2D eigenvalue weighted by molar-refractivity contribution is 9.10. The van der Waals surface area contributed by atoms with Crippen LogP contribution in [0, 0.1) is 0 Å². The van der Waals surface area contributed by atoms with Gasteiger partial charge in [0.15, 0.2) is 5.16 Å². The van der Waals surface area contributed by atoms with E-state index in [1.54, 1.807) is 6.92 Å². The van der Waals surface area contributed by atoms with Crippen LogP contribution in [0.4, 0.5) is 0 Å². The van der Waals surface area contributed by atoms with E-state index in [2.05, 4.69) is 31.1 Å². The summed E-state index contributed by atoms with van der Waals surface area (Å²) >= 11 is 4.95. The maximum absolute atomic E-state index is 9.44. The van der Waals surface area contributed by atoms with E-state index in [0.717, 1.165) is 20.1 Å². The van der Waals surface area contributed by atoms with Crippen molar-refractivity contribution in [2.24, 2.45) is 0 Å². The topological polar surface area (TPSA) is 61.8 Å². The van der Waals surface area contributed by atoms with Crippen LogP contribution in [0.3, 0.4) is 0 Å². The third-order valence-corrected chi connectivity index (χ3v) is 3.92. The molecule has 0 saturated carbocycles. The van der Waals surface area contributed by atoms with Gasteiger partial charge in [0.25, 0.3) is 0 Å². The minimum absolute atomic E-state index is 0.458. The fraction of sp³-hybridized carbons (Fsp3) is 0.200. The number of nitrogens with zero attached hydrogens (tertiary/aromatic N) is 2. The van der Waals surface area contributed by atoms with Crippen molar-refractivity contribution >= 4 is 27.7 Å². The number of H-pyrrole nitrogens is 1. The molecule has 0 aliphatic heterocycles. The maximum Gasteiger partial charge on any atom is 0.188 e. The predicted octanol–water partition coefficient (Wildman–Crippen LogP) is 2.77. The van der Waals surface area contributed by atoms with Crippen molar-refractivity contribution in [1.29, 1.82) is 0 Å². The molecular weight excluding hydrogens is 290 g/mol. The second-order valence-corrected chi connectivity index (χ2v) is 5.14. The Hall–Kier alpha value is -0.850. The van der Waals surface area contributed by atoms with Gasteiger partial charge in [-0.3, -0.25) is 5.10 Å². The van der Waals surface area contributed by atoms with E-state index in [1.807, 2.05) is 18.2 Å². The second kappa shape index (κ2) is 4.99. The van der Waals surface area contributed by atoms with Crippen molar-refractivity contribution in [2.75, 3.05) is 0 Å². The van der Waals surface area contributed by atoms with Crippen LogP contribution in [0.1, 0.15) is 18.6 Å². The number of aromatic nitrogens is 3. The first-order valence-corrected chi connectivity index (χ1v) is 6.28. The Morgan fingerprint density at radius 2 is 2.31 bits per heavy atom. The zero-order valence-electron chi connectivity index (χ0n) is 8.51. The van der Waals surface area contributed by atoms with E-state index in [1.165, 1.54) is 18.1 Å². The number of rotatable bonds is 3. The molecule has 1 heterocycles. The number of aromatic amines is 1. The summed E-state index contributed by atoms with van der Waals surface area (Å²) in [5.41, 5.74) is 0.883. The summed E-state index contributed by atoms with van der Waals surface area (Å²) in [6.07, 6.45) is 1.01. The third kappa shape index (κ3) is 2.63. The summed E-state index contributed by atoms with van der Waals surface area (Å²) in [6.45, 7) is 1.74. The fourth-order valence-electron chi connectivity index (χ4n) is 1.21. The van der Waals surface area contributed by atoms with Gasteiger partial charge in [-0.1, -0.05) is 6.07 Å². The summed E-state index contributed by atoms with van der Waals surface area (Å²) in [5, 5.41) is 16.7. The summed E-state index contributed by atoms with van der Waals surface area (Å²) in [4.78, 5) is 5.07. The molecule has 2 N–H and O–H groups in total. The van der Waals surface area contributed by atoms with Crippen LogP contribution in [-0.4, -0.2) is 20.3 Å². The molecule has 4 nitrogen and oxygen atoms in total. The smallest absolute Gasteiger partial charge is 0.188 e. The van der Waals surface area contributed by atoms with Gasteiger partial charge in [0.05, 0.1) is 6.10 Å². The zero-order valence-corrected chi connectivity index (χ0v) is 10.9. The summed E-state index contributed by atoms with van der Waals surface area (Å²) in [5.74, 6) is 0. The van der Waals surface area contributed by atoms with Crippen molar-refractivity contribution in [2.45, 2.75) is 23.1 Å². The van der Waals surface area contributed by atoms with Crippen LogP contribution in [0.2, 0.25) is 0 Å². The van der Waals surface area contributed by atoms with Crippen LogP contribution in [-0.2, 0) is 0 Å². The van der Waals surface area contributed by atoms with E-state index in [4.69, 9.17) is 0 Å². The first-order chi connectivity index (χ1) is 7.66. The van der Waals surface area contributed by atoms with Crippen LogP contribution < -0.4 is 0 Å². The average Bonchev–Trinajstić information content (AvgIpc) is 2.73. The van der Waals surface area contributed by atoms with Crippen LogP contribution in [0.15, 0.2) is 39.1 Å². The van der Waals surface area contributed by atoms with Crippen molar-refractivity contribution in [3.05, 3.63) is 34.6 Å². The molecule has 1 atom stereocenters. The first kappa shape index (κ1) is 11.6. The van der Waals surface area contributed by atoms with Crippen molar-refractivity contribution in [3.63, 3.8) is 0 Å². The van der Waals surface area contributed by atoms with Crippen molar-refractivity contribution in [1.82, 2.24) is 15.2 Å². The van der Waals surface area contributed by atoms with E-state index in [0.29, 0.717) is 0 Å². The van der Waals surface area contributed by atoms with Gasteiger partial charge in [-0.2, -0.15) is 5.10 Å². The molecule has 1 unspecified atom stereocenters. The Balaban J connectivity index is 2.23. The maximum atomic E-state index is 9.44. The van der Waals surface area contributed by atoms with E-state index in [-0.39, 0.29) is 0 Å². The Morgan fingerprint density at radius 1 is 1.50 bits per heavy atom. The molecule has 0 fully saturated rings. The summed E-state index contributed by atoms with van der Waals surface area (Å²) < 4.78 is 0.937. The number of nitrogens with one attached hydrogen (secondary N) is 1. The highest BCUT2D eigenvalue weighted by Gasteiger charge is 2.07. The van der Waals surface area contributed by atoms with Gasteiger partial charge in [-0.15, -0.1) is 0 Å². The Labute approximate surface area is 106 Å². The van der Waals surface area contributed by atoms with Gasteiger partial charge in [0.1, 0.15) is 6.33 Å². The lowest BCUT2D eigenvalue weighted by atomic mass is 10.1. The molecule has 0 radical (unpaired) electrons. The SMILES string of the molecule is CC(O)c1ccc(Sc2ncn[nH]2)c(Br)c1. The minimum atomic E-state index is -0.458. The average molecular weight is 300 g/mol. The molecule has 84 valence electrons. The minimum Gasteiger partial charge on any atom is -0.389 e. The molecule has 0 aliphatic carbocycles. The molecule has 1 aromatic heterocycles. The largest absolute Gasteiger partial charge is 0.389 e. The van der Waals surface area contributed by atoms with Gasteiger partial charge < -0.3 is 5.11 Å². The highest BCUT2D eigenvalue weighted by atomic mass is 79.9. The number of hydrogen-bond acceptors (Lipinski definition) is 4. The zero-order chi connectivity index (χ0) is 11.5. The molecule has 16 heavy (non-hydrogen) atoms. The second-order valence-electron chi connectivity index (χ2n) is 3.26. The lowest BCUT2D eigenvalue weighted by Gasteiger charge is -2.07. The monoisotopic (exact) mass is 299 g/mol. The van der Waals surface area contributed by atoms with Crippen LogP contribution >= 0.6 is 27.7 Å². The lowest BCUT2D eigenvalue weighted by molar-refractivity contribution is 0.199. The number of halogens is 1. The standard InChI is InChI=1S/C10H10BrN3OS/c1-6(15)7-2-3-9(8(11)4-7)16-10-12-5-13-14-10/h2-6,15H,1H3,(H,12,13,14). The van der Waals surface area contributed by atoms with Gasteiger partial charge in [0.2, 0.25) is 0 Å². The number of aliphatic hydroxyl groups excluding tert-OH is 1. The molecule has 6 heteroatoms. The van der Waals surface area contributed by atoms with E-state index in [9.17, 15) is 5.11 Å². The molecule has 0 aliphatic rings. The third-order valence-electron chi connectivity index (χ3n) is 2.04. The Morgan fingerprint density at radius 3 is 2.88 bits per heavy atom. The van der Waals surface area contributed by atoms with Crippen molar-refractivity contribution in [3.8, 4) is 0 Å². The summed E-state index contributed by atoms with van der Waals surface area (Å²) in [7, 11) is 0. The number of benzene rings is 1. The lowest BCUT2D eigenvalue weighted by Crippen LogP contribution is -1.91. The summed E-state index contributed by atoms with van der Waals surface area (Å²) in [6, 6.07) is 5.75. The molecule has 2 aromatic rings. The van der Waals surface area contributed by atoms with Gasteiger partial charge >= 0.3 is 0 Å². The Kier molecular flexibility index (Phi) is 3.63. The molecule has 0 bridgehead atoms. The van der Waals surface area contributed by atoms with Crippen molar-refractivity contribution < 1.29 is 5.11 Å². The fourth-order valence-corrected chi connectivity index (χ4v) is 2.55. The normalized spacial score (nSPS) is 12.7. The number of hydrogen-bond donors (Lipinski definition) is 2. The quantitative estimate of drug-likeness (QED) is 0.915. The predicted molar refractivity (Wildman–Crippen MR) is 65.3 cm³/mol. The molecule has 1 aromatic carbocycles. The van der Waals surface area contributed by atoms with Gasteiger partial charge in [-0.25, -0.2) is 4.98 Å². The molecule has 0 spiro atoms. The highest BCUT2D eigenvalue weighted by Crippen LogP contribution is 2.32. The molecule has 0 saturated heterocycles. The van der Waals surface area contributed by atoms with E-state index < -0.39 is 6.10 Å². The van der Waals surface area contributed by atoms with Crippen LogP contribution in [0.25, 0.3) is 0 Å². The Bertz CT molecular complexity index is 473. The molecule has 2 rings (SSSR count). The van der Waals surface area contributed by atoms with Gasteiger partial charge in [-0.05, 0) is 52.3 Å².